The highest BCUT2D eigenvalue weighted by molar-refractivity contribution is 6.30. The van der Waals surface area contributed by atoms with Crippen LogP contribution in [0, 0.1) is 5.92 Å². The van der Waals surface area contributed by atoms with Crippen LogP contribution >= 0.6 is 11.6 Å². The fraction of sp³-hybridized carbons (Fsp3) is 0.500. The number of ether oxygens (including phenoxy) is 1. The molecule has 0 aliphatic carbocycles. The molecule has 1 unspecified atom stereocenters. The second-order valence-corrected chi connectivity index (χ2v) is 5.92. The third kappa shape index (κ3) is 6.80. The van der Waals surface area contributed by atoms with E-state index in [0.717, 1.165) is 5.56 Å². The zero-order chi connectivity index (χ0) is 16.5. The van der Waals surface area contributed by atoms with E-state index in [-0.39, 0.29) is 11.9 Å². The Morgan fingerprint density at radius 2 is 1.86 bits per heavy atom. The Morgan fingerprint density at radius 3 is 2.41 bits per heavy atom. The van der Waals surface area contributed by atoms with E-state index >= 15 is 0 Å². The average molecular weight is 327 g/mol. The summed E-state index contributed by atoms with van der Waals surface area (Å²) in [7, 11) is 1.32. The molecule has 1 rings (SSSR count). The van der Waals surface area contributed by atoms with Crippen molar-refractivity contribution in [1.29, 1.82) is 0 Å². The number of halogens is 1. The van der Waals surface area contributed by atoms with Gasteiger partial charge in [-0.1, -0.05) is 37.6 Å². The van der Waals surface area contributed by atoms with Gasteiger partial charge >= 0.3 is 12.0 Å². The third-order valence-corrected chi connectivity index (χ3v) is 3.36. The molecule has 0 aromatic heterocycles. The normalized spacial score (nSPS) is 11.9. The van der Waals surface area contributed by atoms with Crippen molar-refractivity contribution in [3.8, 4) is 0 Å². The van der Waals surface area contributed by atoms with Gasteiger partial charge in [0.05, 0.1) is 7.11 Å². The van der Waals surface area contributed by atoms with Crippen LogP contribution in [0.1, 0.15) is 25.8 Å². The Labute approximate surface area is 136 Å². The lowest BCUT2D eigenvalue weighted by Crippen LogP contribution is -2.47. The van der Waals surface area contributed by atoms with Crippen molar-refractivity contribution < 1.29 is 14.3 Å². The molecule has 0 aliphatic heterocycles. The number of amides is 2. The minimum absolute atomic E-state index is 0.276. The number of methoxy groups -OCH3 is 1. The van der Waals surface area contributed by atoms with Crippen molar-refractivity contribution >= 4 is 23.6 Å². The Bertz CT molecular complexity index is 489. The van der Waals surface area contributed by atoms with Crippen molar-refractivity contribution in [2.75, 3.05) is 13.7 Å². The van der Waals surface area contributed by atoms with Gasteiger partial charge in [0.25, 0.3) is 0 Å². The molecule has 1 atom stereocenters. The zero-order valence-electron chi connectivity index (χ0n) is 13.2. The smallest absolute Gasteiger partial charge is 0.328 e. The summed E-state index contributed by atoms with van der Waals surface area (Å²) in [5.74, 6) is -0.153. The molecule has 0 fully saturated rings. The molecule has 22 heavy (non-hydrogen) atoms. The van der Waals surface area contributed by atoms with Crippen LogP contribution in [0.15, 0.2) is 24.3 Å². The van der Waals surface area contributed by atoms with Crippen LogP contribution in [-0.2, 0) is 16.0 Å². The maximum atomic E-state index is 11.8. The van der Waals surface area contributed by atoms with Crippen LogP contribution in [0.4, 0.5) is 4.79 Å². The summed E-state index contributed by atoms with van der Waals surface area (Å²) >= 11 is 5.81. The van der Waals surface area contributed by atoms with Crippen LogP contribution in [-0.4, -0.2) is 31.7 Å². The number of hydrogen-bond donors (Lipinski definition) is 2. The third-order valence-electron chi connectivity index (χ3n) is 3.11. The summed E-state index contributed by atoms with van der Waals surface area (Å²) in [6.45, 7) is 4.44. The Kier molecular flexibility index (Phi) is 7.74. The topological polar surface area (TPSA) is 67.4 Å². The quantitative estimate of drug-likeness (QED) is 0.757. The molecule has 6 heteroatoms. The number of rotatable bonds is 7. The van der Waals surface area contributed by atoms with E-state index in [4.69, 9.17) is 16.3 Å². The SMILES string of the molecule is COC(=O)C(CC(C)C)NC(=O)NCCc1ccc(Cl)cc1. The molecular formula is C16H23ClN2O3. The molecule has 2 amide bonds. The van der Waals surface area contributed by atoms with Gasteiger partial charge in [0.2, 0.25) is 0 Å². The number of carbonyl (C=O) groups excluding carboxylic acids is 2. The molecule has 1 aromatic carbocycles. The lowest BCUT2D eigenvalue weighted by atomic mass is 10.0. The second-order valence-electron chi connectivity index (χ2n) is 5.48. The second kappa shape index (κ2) is 9.30. The largest absolute Gasteiger partial charge is 0.467 e. The first-order chi connectivity index (χ1) is 10.4. The van der Waals surface area contributed by atoms with Crippen LogP contribution in [0.2, 0.25) is 5.02 Å². The van der Waals surface area contributed by atoms with Gasteiger partial charge in [0.1, 0.15) is 6.04 Å². The summed E-state index contributed by atoms with van der Waals surface area (Å²) < 4.78 is 4.71. The van der Waals surface area contributed by atoms with E-state index in [9.17, 15) is 9.59 Å². The van der Waals surface area contributed by atoms with Crippen LogP contribution in [0.5, 0.6) is 0 Å². The maximum Gasteiger partial charge on any atom is 0.328 e. The molecule has 1 aromatic rings. The maximum absolute atomic E-state index is 11.8. The summed E-state index contributed by atoms with van der Waals surface area (Å²) in [4.78, 5) is 23.5. The predicted octanol–water partition coefficient (Wildman–Crippen LogP) is 2.77. The first kappa shape index (κ1) is 18.3. The first-order valence-electron chi connectivity index (χ1n) is 7.29. The minimum atomic E-state index is -0.625. The Morgan fingerprint density at radius 1 is 1.23 bits per heavy atom. The Balaban J connectivity index is 2.39. The van der Waals surface area contributed by atoms with Gasteiger partial charge in [-0.15, -0.1) is 0 Å². The highest BCUT2D eigenvalue weighted by atomic mass is 35.5. The predicted molar refractivity (Wildman–Crippen MR) is 86.9 cm³/mol. The Hall–Kier alpha value is -1.75. The van der Waals surface area contributed by atoms with Gasteiger partial charge in [-0.2, -0.15) is 0 Å². The van der Waals surface area contributed by atoms with Gasteiger partial charge in [-0.05, 0) is 36.5 Å². The summed E-state index contributed by atoms with van der Waals surface area (Å²) in [6, 6.07) is 6.46. The molecule has 0 heterocycles. The van der Waals surface area contributed by atoms with E-state index in [0.29, 0.717) is 24.4 Å². The van der Waals surface area contributed by atoms with Crippen molar-refractivity contribution in [1.82, 2.24) is 10.6 Å². The van der Waals surface area contributed by atoms with Gasteiger partial charge in [-0.3, -0.25) is 0 Å². The molecule has 0 aliphatic rings. The number of urea groups is 1. The van der Waals surface area contributed by atoms with Crippen molar-refractivity contribution in [2.24, 2.45) is 5.92 Å². The molecule has 0 saturated heterocycles. The summed E-state index contributed by atoms with van der Waals surface area (Å²) in [5.41, 5.74) is 1.08. The highest BCUT2D eigenvalue weighted by Gasteiger charge is 2.22. The molecule has 0 radical (unpaired) electrons. The molecule has 0 spiro atoms. The standard InChI is InChI=1S/C16H23ClN2O3/c1-11(2)10-14(15(20)22-3)19-16(21)18-9-8-12-4-6-13(17)7-5-12/h4-7,11,14H,8-10H2,1-3H3,(H2,18,19,21). The van der Waals surface area contributed by atoms with Crippen LogP contribution in [0.25, 0.3) is 0 Å². The minimum Gasteiger partial charge on any atom is -0.467 e. The number of benzene rings is 1. The van der Waals surface area contributed by atoms with E-state index in [1.807, 2.05) is 38.1 Å². The first-order valence-corrected chi connectivity index (χ1v) is 7.66. The monoisotopic (exact) mass is 326 g/mol. The van der Waals surface area contributed by atoms with Crippen molar-refractivity contribution in [2.45, 2.75) is 32.7 Å². The number of esters is 1. The van der Waals surface area contributed by atoms with Crippen molar-refractivity contribution in [3.05, 3.63) is 34.9 Å². The van der Waals surface area contributed by atoms with Gasteiger partial charge in [0, 0.05) is 11.6 Å². The van der Waals surface area contributed by atoms with Crippen molar-refractivity contribution in [3.63, 3.8) is 0 Å². The molecule has 0 saturated carbocycles. The van der Waals surface area contributed by atoms with Gasteiger partial charge < -0.3 is 15.4 Å². The fourth-order valence-electron chi connectivity index (χ4n) is 2.01. The van der Waals surface area contributed by atoms with Crippen LogP contribution in [0.3, 0.4) is 0 Å². The van der Waals surface area contributed by atoms with Crippen LogP contribution < -0.4 is 10.6 Å². The fourth-order valence-corrected chi connectivity index (χ4v) is 2.13. The average Bonchev–Trinajstić information content (AvgIpc) is 2.47. The molecular weight excluding hydrogens is 304 g/mol. The van der Waals surface area contributed by atoms with Gasteiger partial charge in [-0.25, -0.2) is 9.59 Å². The van der Waals surface area contributed by atoms with E-state index in [1.165, 1.54) is 7.11 Å². The van der Waals surface area contributed by atoms with Gasteiger partial charge in [0.15, 0.2) is 0 Å². The summed E-state index contributed by atoms with van der Waals surface area (Å²) in [5, 5.41) is 6.07. The number of carbonyl (C=O) groups is 2. The molecule has 5 nitrogen and oxygen atoms in total. The molecule has 122 valence electrons. The number of nitrogens with one attached hydrogen (secondary N) is 2. The highest BCUT2D eigenvalue weighted by Crippen LogP contribution is 2.09. The number of hydrogen-bond acceptors (Lipinski definition) is 3. The molecule has 2 N–H and O–H groups in total. The zero-order valence-corrected chi connectivity index (χ0v) is 13.9. The van der Waals surface area contributed by atoms with E-state index in [1.54, 1.807) is 0 Å². The lowest BCUT2D eigenvalue weighted by molar-refractivity contribution is -0.143. The lowest BCUT2D eigenvalue weighted by Gasteiger charge is -2.18. The van der Waals surface area contributed by atoms with E-state index in [2.05, 4.69) is 10.6 Å². The van der Waals surface area contributed by atoms with E-state index < -0.39 is 12.0 Å². The summed E-state index contributed by atoms with van der Waals surface area (Å²) in [6.07, 6.45) is 1.23. The molecule has 0 bridgehead atoms.